The van der Waals surface area contributed by atoms with E-state index in [1.807, 2.05) is 52.1 Å². The van der Waals surface area contributed by atoms with E-state index in [2.05, 4.69) is 38.1 Å². The van der Waals surface area contributed by atoms with Gasteiger partial charge in [-0.15, -0.1) is 0 Å². The summed E-state index contributed by atoms with van der Waals surface area (Å²) in [5.41, 5.74) is 2.68. The van der Waals surface area contributed by atoms with Crippen molar-refractivity contribution >= 4 is 0 Å². The van der Waals surface area contributed by atoms with E-state index >= 15 is 0 Å². The SMILES string of the molecule is CN(C)C.CN(C)C.Cc1cccc(C)c1. The maximum atomic E-state index is 2.17. The van der Waals surface area contributed by atoms with Crippen LogP contribution < -0.4 is 0 Å². The highest BCUT2D eigenvalue weighted by molar-refractivity contribution is 5.20. The molecule has 0 spiro atoms. The lowest BCUT2D eigenvalue weighted by molar-refractivity contribution is 0.505. The Morgan fingerprint density at radius 1 is 0.688 bits per heavy atom. The van der Waals surface area contributed by atoms with Crippen LogP contribution in [0.15, 0.2) is 24.3 Å². The first-order valence-corrected chi connectivity index (χ1v) is 5.50. The molecule has 0 aliphatic carbocycles. The zero-order valence-electron chi connectivity index (χ0n) is 12.2. The lowest BCUT2D eigenvalue weighted by Crippen LogP contribution is -1.99. The molecule has 0 radical (unpaired) electrons. The van der Waals surface area contributed by atoms with Crippen molar-refractivity contribution in [3.63, 3.8) is 0 Å². The molecule has 0 amide bonds. The second kappa shape index (κ2) is 10.7. The van der Waals surface area contributed by atoms with Crippen molar-refractivity contribution in [2.75, 3.05) is 42.3 Å². The Morgan fingerprint density at radius 2 is 0.938 bits per heavy atom. The molecule has 0 saturated carbocycles. The van der Waals surface area contributed by atoms with Gasteiger partial charge in [0.05, 0.1) is 0 Å². The molecule has 16 heavy (non-hydrogen) atoms. The van der Waals surface area contributed by atoms with Crippen LogP contribution in [-0.4, -0.2) is 52.1 Å². The Hall–Kier alpha value is -0.860. The molecule has 2 nitrogen and oxygen atoms in total. The van der Waals surface area contributed by atoms with E-state index in [-0.39, 0.29) is 0 Å². The normalized spacial score (nSPS) is 9.12. The standard InChI is InChI=1S/C8H10.2C3H9N/c1-7-4-3-5-8(2)6-7;2*1-4(2)3/h3-6H,1-2H3;2*1-3H3. The fourth-order valence-electron chi connectivity index (χ4n) is 0.807. The van der Waals surface area contributed by atoms with Gasteiger partial charge in [0.25, 0.3) is 0 Å². The molecule has 94 valence electrons. The lowest BCUT2D eigenvalue weighted by Gasteiger charge is -1.90. The predicted octanol–water partition coefficient (Wildman–Crippen LogP) is 2.66. The van der Waals surface area contributed by atoms with Crippen LogP contribution in [0.2, 0.25) is 0 Å². The lowest BCUT2D eigenvalue weighted by atomic mass is 10.2. The van der Waals surface area contributed by atoms with Gasteiger partial charge in [-0.05, 0) is 56.1 Å². The summed E-state index contributed by atoms with van der Waals surface area (Å²) in [5.74, 6) is 0. The van der Waals surface area contributed by atoms with Crippen molar-refractivity contribution in [3.8, 4) is 0 Å². The van der Waals surface area contributed by atoms with Crippen LogP contribution >= 0.6 is 0 Å². The minimum absolute atomic E-state index is 1.34. The molecule has 2 heteroatoms. The molecule has 0 heterocycles. The molecular formula is C14H28N2. The highest BCUT2D eigenvalue weighted by atomic mass is 15.0. The van der Waals surface area contributed by atoms with Crippen LogP contribution in [0.1, 0.15) is 11.1 Å². The van der Waals surface area contributed by atoms with Crippen LogP contribution in [0.3, 0.4) is 0 Å². The van der Waals surface area contributed by atoms with Crippen LogP contribution in [-0.2, 0) is 0 Å². The summed E-state index contributed by atoms with van der Waals surface area (Å²) < 4.78 is 0. The second-order valence-electron chi connectivity index (χ2n) is 4.84. The van der Waals surface area contributed by atoms with Gasteiger partial charge in [-0.25, -0.2) is 0 Å². The summed E-state index contributed by atoms with van der Waals surface area (Å²) in [6.07, 6.45) is 0. The Kier molecular flexibility index (Phi) is 11.7. The van der Waals surface area contributed by atoms with Gasteiger partial charge in [-0.3, -0.25) is 0 Å². The molecule has 0 saturated heterocycles. The monoisotopic (exact) mass is 224 g/mol. The third-order valence-corrected chi connectivity index (χ3v) is 1.17. The summed E-state index contributed by atoms with van der Waals surface area (Å²) in [7, 11) is 12.0. The number of hydrogen-bond acceptors (Lipinski definition) is 2. The minimum atomic E-state index is 1.34. The van der Waals surface area contributed by atoms with Gasteiger partial charge in [0, 0.05) is 0 Å². The van der Waals surface area contributed by atoms with E-state index in [1.165, 1.54) is 11.1 Å². The predicted molar refractivity (Wildman–Crippen MR) is 75.1 cm³/mol. The summed E-state index contributed by atoms with van der Waals surface area (Å²) in [6.45, 7) is 4.21. The third kappa shape index (κ3) is 23.2. The number of aryl methyl sites for hydroxylation is 2. The molecule has 1 rings (SSSR count). The zero-order valence-corrected chi connectivity index (χ0v) is 12.2. The first-order valence-electron chi connectivity index (χ1n) is 5.50. The molecule has 0 atom stereocenters. The van der Waals surface area contributed by atoms with Gasteiger partial charge in [-0.2, -0.15) is 0 Å². The van der Waals surface area contributed by atoms with E-state index in [1.54, 1.807) is 0 Å². The van der Waals surface area contributed by atoms with Crippen molar-refractivity contribution in [1.29, 1.82) is 0 Å². The quantitative estimate of drug-likeness (QED) is 0.668. The number of nitrogens with zero attached hydrogens (tertiary/aromatic N) is 2. The van der Waals surface area contributed by atoms with Gasteiger partial charge in [0.1, 0.15) is 0 Å². The third-order valence-electron chi connectivity index (χ3n) is 1.17. The van der Waals surface area contributed by atoms with Crippen molar-refractivity contribution in [2.24, 2.45) is 0 Å². The van der Waals surface area contributed by atoms with Crippen LogP contribution in [0.5, 0.6) is 0 Å². The van der Waals surface area contributed by atoms with Gasteiger partial charge >= 0.3 is 0 Å². The Labute approximate surface area is 102 Å². The van der Waals surface area contributed by atoms with E-state index in [9.17, 15) is 0 Å². The first kappa shape index (κ1) is 17.5. The molecular weight excluding hydrogens is 196 g/mol. The largest absolute Gasteiger partial charge is 0.312 e. The number of hydrogen-bond donors (Lipinski definition) is 0. The highest BCUT2D eigenvalue weighted by Crippen LogP contribution is 2.00. The molecule has 0 bridgehead atoms. The fourth-order valence-corrected chi connectivity index (χ4v) is 0.807. The van der Waals surface area contributed by atoms with Gasteiger partial charge in [0.15, 0.2) is 0 Å². The molecule has 0 aliphatic rings. The van der Waals surface area contributed by atoms with Crippen LogP contribution in [0, 0.1) is 13.8 Å². The Morgan fingerprint density at radius 3 is 1.06 bits per heavy atom. The fraction of sp³-hybridized carbons (Fsp3) is 0.571. The van der Waals surface area contributed by atoms with Gasteiger partial charge < -0.3 is 9.80 Å². The van der Waals surface area contributed by atoms with Crippen LogP contribution in [0.4, 0.5) is 0 Å². The molecule has 0 fully saturated rings. The average molecular weight is 224 g/mol. The highest BCUT2D eigenvalue weighted by Gasteiger charge is 1.80. The van der Waals surface area contributed by atoms with Crippen molar-refractivity contribution < 1.29 is 0 Å². The minimum Gasteiger partial charge on any atom is -0.312 e. The molecule has 1 aromatic rings. The van der Waals surface area contributed by atoms with E-state index in [4.69, 9.17) is 0 Å². The van der Waals surface area contributed by atoms with E-state index in [0.29, 0.717) is 0 Å². The van der Waals surface area contributed by atoms with E-state index in [0.717, 1.165) is 0 Å². The number of rotatable bonds is 0. The molecule has 0 unspecified atom stereocenters. The average Bonchev–Trinajstić information content (AvgIpc) is 2.00. The van der Waals surface area contributed by atoms with Crippen LogP contribution in [0.25, 0.3) is 0 Å². The molecule has 0 N–H and O–H groups in total. The smallest absolute Gasteiger partial charge is 0.0140 e. The molecule has 1 aromatic carbocycles. The summed E-state index contributed by atoms with van der Waals surface area (Å²) in [6, 6.07) is 8.45. The molecule has 0 aliphatic heterocycles. The summed E-state index contributed by atoms with van der Waals surface area (Å²) in [4.78, 5) is 4.00. The first-order chi connectivity index (χ1) is 7.25. The maximum absolute atomic E-state index is 2.17. The second-order valence-corrected chi connectivity index (χ2v) is 4.84. The van der Waals surface area contributed by atoms with Crippen molar-refractivity contribution in [3.05, 3.63) is 35.4 Å². The van der Waals surface area contributed by atoms with E-state index < -0.39 is 0 Å². The van der Waals surface area contributed by atoms with Gasteiger partial charge in [0.2, 0.25) is 0 Å². The zero-order chi connectivity index (χ0) is 13.1. The summed E-state index contributed by atoms with van der Waals surface area (Å²) >= 11 is 0. The topological polar surface area (TPSA) is 6.48 Å². The maximum Gasteiger partial charge on any atom is -0.0140 e. The van der Waals surface area contributed by atoms with Gasteiger partial charge in [-0.1, -0.05) is 35.4 Å². The van der Waals surface area contributed by atoms with Crippen molar-refractivity contribution in [2.45, 2.75) is 13.8 Å². The van der Waals surface area contributed by atoms with Crippen molar-refractivity contribution in [1.82, 2.24) is 9.80 Å². The molecule has 0 aromatic heterocycles. The Balaban J connectivity index is 0. The number of benzene rings is 1. The Bertz CT molecular complexity index is 226. The summed E-state index contributed by atoms with van der Waals surface area (Å²) in [5, 5.41) is 0.